The Kier molecular flexibility index (Phi) is 9.85. The molecule has 9 heteroatoms. The molecule has 1 fully saturated rings. The highest BCUT2D eigenvalue weighted by Gasteiger charge is 2.39. The highest BCUT2D eigenvalue weighted by Crippen LogP contribution is 2.43. The third kappa shape index (κ3) is 6.81. The number of carbonyl (C=O) groups is 1. The second-order valence-corrected chi connectivity index (χ2v) is 14.6. The van der Waals surface area contributed by atoms with Crippen LogP contribution in [0.3, 0.4) is 0 Å². The summed E-state index contributed by atoms with van der Waals surface area (Å²) in [5, 5.41) is 0.0303. The van der Waals surface area contributed by atoms with Crippen LogP contribution in [0.2, 0.25) is 5.02 Å². The Balaban J connectivity index is 1.54. The Labute approximate surface area is 255 Å². The van der Waals surface area contributed by atoms with Crippen molar-refractivity contribution in [2.45, 2.75) is 76.1 Å². The maximum absolute atomic E-state index is 13.2. The molecule has 2 aliphatic heterocycles. The first-order valence-electron chi connectivity index (χ1n) is 15.3. The fourth-order valence-corrected chi connectivity index (χ4v) is 7.71. The standard InChI is InChI=1S/C33H43ClN2O5S/c1-4-5-9-23-17-27(34)13-15-28(23)26-20-36-19-25-11-14-29(25)31(40-3)10-7-6-8-22(2)42(38,39)35-33(37)24-12-16-32(41-21-26)30(36)18-24/h7,10,12-13,15-18,22,25-26,29,31H,4-6,8-9,11,14,19-21H2,1-3H3,(H,35,37)/b10-7+/t22-,25+,26+,29-,31+/m1/s1. The molecule has 2 bridgehead atoms. The molecule has 1 N–H and O–H groups in total. The number of allylic oxidation sites excluding steroid dienone is 1. The Morgan fingerprint density at radius 2 is 1.95 bits per heavy atom. The molecule has 228 valence electrons. The molecule has 1 amide bonds. The van der Waals surface area contributed by atoms with Crippen molar-refractivity contribution < 1.29 is 22.7 Å². The van der Waals surface area contributed by atoms with Crippen LogP contribution in [-0.4, -0.2) is 52.5 Å². The van der Waals surface area contributed by atoms with Gasteiger partial charge >= 0.3 is 0 Å². The van der Waals surface area contributed by atoms with Crippen molar-refractivity contribution in [2.75, 3.05) is 31.7 Å². The van der Waals surface area contributed by atoms with E-state index in [0.717, 1.165) is 49.4 Å². The monoisotopic (exact) mass is 614 g/mol. The third-order valence-corrected chi connectivity index (χ3v) is 11.2. The van der Waals surface area contributed by atoms with Gasteiger partial charge in [0.25, 0.3) is 5.91 Å². The molecule has 0 radical (unpaired) electrons. The highest BCUT2D eigenvalue weighted by atomic mass is 35.5. The van der Waals surface area contributed by atoms with E-state index in [9.17, 15) is 13.2 Å². The van der Waals surface area contributed by atoms with Gasteiger partial charge in [-0.1, -0.05) is 43.2 Å². The molecule has 3 aliphatic rings. The molecule has 0 spiro atoms. The van der Waals surface area contributed by atoms with E-state index in [1.54, 1.807) is 32.2 Å². The fraction of sp³-hybridized carbons (Fsp3) is 0.545. The quantitative estimate of drug-likeness (QED) is 0.387. The minimum atomic E-state index is -3.84. The van der Waals surface area contributed by atoms with Gasteiger partial charge in [-0.05, 0) is 98.7 Å². The van der Waals surface area contributed by atoms with Crippen LogP contribution in [0.4, 0.5) is 5.69 Å². The van der Waals surface area contributed by atoms with Gasteiger partial charge in [-0.2, -0.15) is 0 Å². The molecule has 7 nitrogen and oxygen atoms in total. The molecule has 1 saturated carbocycles. The number of amides is 1. The second kappa shape index (κ2) is 13.4. The summed E-state index contributed by atoms with van der Waals surface area (Å²) in [6, 6.07) is 11.4. The third-order valence-electron chi connectivity index (χ3n) is 9.24. The van der Waals surface area contributed by atoms with Gasteiger partial charge in [-0.25, -0.2) is 13.1 Å². The maximum Gasteiger partial charge on any atom is 0.264 e. The van der Waals surface area contributed by atoms with Gasteiger partial charge in [0.2, 0.25) is 10.0 Å². The SMILES string of the molecule is CCCCc1cc(Cl)ccc1[C@@H]1COc2ccc3cc2N(C1)C[C@@H]1CC[C@H]1[C@@H](OC)/C=C/CC[C@@H](C)S(=O)(=O)NC3=O. The van der Waals surface area contributed by atoms with Crippen LogP contribution >= 0.6 is 11.6 Å². The molecule has 0 unspecified atom stereocenters. The van der Waals surface area contributed by atoms with Crippen LogP contribution in [-0.2, 0) is 21.2 Å². The average molecular weight is 615 g/mol. The van der Waals surface area contributed by atoms with Crippen molar-refractivity contribution >= 4 is 33.2 Å². The number of anilines is 1. The number of hydrogen-bond donors (Lipinski definition) is 1. The molecular weight excluding hydrogens is 572 g/mol. The van der Waals surface area contributed by atoms with Crippen molar-refractivity contribution in [3.63, 3.8) is 0 Å². The lowest BCUT2D eigenvalue weighted by Gasteiger charge is -2.43. The molecular formula is C33H43ClN2O5S. The first-order valence-corrected chi connectivity index (χ1v) is 17.2. The van der Waals surface area contributed by atoms with Crippen molar-refractivity contribution in [3.8, 4) is 5.75 Å². The van der Waals surface area contributed by atoms with Crippen LogP contribution < -0.4 is 14.4 Å². The van der Waals surface area contributed by atoms with Crippen molar-refractivity contribution in [1.82, 2.24) is 4.72 Å². The molecule has 0 aromatic heterocycles. The van der Waals surface area contributed by atoms with E-state index in [4.69, 9.17) is 21.1 Å². The van der Waals surface area contributed by atoms with Gasteiger partial charge in [0, 0.05) is 36.7 Å². The van der Waals surface area contributed by atoms with Crippen LogP contribution in [0.15, 0.2) is 48.6 Å². The second-order valence-electron chi connectivity index (χ2n) is 12.0. The lowest BCUT2D eigenvalue weighted by molar-refractivity contribution is 0.0134. The largest absolute Gasteiger partial charge is 0.491 e. The van der Waals surface area contributed by atoms with Crippen molar-refractivity contribution in [2.24, 2.45) is 11.8 Å². The number of sulfonamides is 1. The first kappa shape index (κ1) is 30.9. The van der Waals surface area contributed by atoms with Crippen LogP contribution in [0, 0.1) is 11.8 Å². The number of ether oxygens (including phenoxy) is 2. The first-order chi connectivity index (χ1) is 20.2. The number of carbonyl (C=O) groups excluding carboxylic acids is 1. The number of hydrogen-bond acceptors (Lipinski definition) is 6. The number of methoxy groups -OCH3 is 1. The molecule has 5 atom stereocenters. The van der Waals surface area contributed by atoms with E-state index in [1.807, 2.05) is 12.1 Å². The number of fused-ring (bicyclic) bond motifs is 2. The van der Waals surface area contributed by atoms with Crippen molar-refractivity contribution in [3.05, 3.63) is 70.3 Å². The Hall–Kier alpha value is -2.55. The molecule has 2 aromatic rings. The number of nitrogens with one attached hydrogen (secondary N) is 1. The number of aryl methyl sites for hydroxylation is 1. The zero-order valence-electron chi connectivity index (χ0n) is 24.9. The van der Waals surface area contributed by atoms with Gasteiger partial charge in [-0.3, -0.25) is 4.79 Å². The molecule has 5 rings (SSSR count). The summed E-state index contributed by atoms with van der Waals surface area (Å²) in [7, 11) is -2.09. The number of halogens is 1. The summed E-state index contributed by atoms with van der Waals surface area (Å²) in [5.74, 6) is 0.972. The lowest BCUT2D eigenvalue weighted by atomic mass is 9.70. The Morgan fingerprint density at radius 1 is 1.12 bits per heavy atom. The topological polar surface area (TPSA) is 84.9 Å². The van der Waals surface area contributed by atoms with Gasteiger partial charge in [0.1, 0.15) is 5.75 Å². The van der Waals surface area contributed by atoms with Gasteiger partial charge in [0.15, 0.2) is 0 Å². The van der Waals surface area contributed by atoms with E-state index in [0.29, 0.717) is 49.1 Å². The van der Waals surface area contributed by atoms with E-state index in [1.165, 1.54) is 11.1 Å². The normalized spacial score (nSPS) is 28.4. The summed E-state index contributed by atoms with van der Waals surface area (Å²) < 4.78 is 40.6. The zero-order valence-corrected chi connectivity index (χ0v) is 26.4. The Morgan fingerprint density at radius 3 is 2.69 bits per heavy atom. The predicted molar refractivity (Wildman–Crippen MR) is 168 cm³/mol. The number of unbranched alkanes of at least 4 members (excludes halogenated alkanes) is 1. The van der Waals surface area contributed by atoms with Crippen LogP contribution in [0.1, 0.15) is 79.8 Å². The van der Waals surface area contributed by atoms with E-state index >= 15 is 0 Å². The van der Waals surface area contributed by atoms with E-state index in [-0.39, 0.29) is 12.0 Å². The van der Waals surface area contributed by atoms with Gasteiger partial charge < -0.3 is 14.4 Å². The molecule has 1 aliphatic carbocycles. The maximum atomic E-state index is 13.2. The van der Waals surface area contributed by atoms with Crippen LogP contribution in [0.5, 0.6) is 5.75 Å². The van der Waals surface area contributed by atoms with Gasteiger partial charge in [-0.15, -0.1) is 0 Å². The summed E-state index contributed by atoms with van der Waals surface area (Å²) >= 11 is 6.43. The van der Waals surface area contributed by atoms with Gasteiger partial charge in [0.05, 0.1) is 23.6 Å². The molecule has 42 heavy (non-hydrogen) atoms. The number of nitrogens with zero attached hydrogens (tertiary/aromatic N) is 1. The van der Waals surface area contributed by atoms with E-state index < -0.39 is 21.2 Å². The molecule has 2 aromatic carbocycles. The molecule has 2 heterocycles. The fourth-order valence-electron chi connectivity index (χ4n) is 6.49. The minimum Gasteiger partial charge on any atom is -0.491 e. The number of rotatable bonds is 5. The smallest absolute Gasteiger partial charge is 0.264 e. The summed E-state index contributed by atoms with van der Waals surface area (Å²) in [4.78, 5) is 15.6. The number of benzene rings is 2. The summed E-state index contributed by atoms with van der Waals surface area (Å²) in [5.41, 5.74) is 3.62. The average Bonchev–Trinajstić information content (AvgIpc) is 3.13. The highest BCUT2D eigenvalue weighted by molar-refractivity contribution is 7.90. The van der Waals surface area contributed by atoms with Crippen molar-refractivity contribution in [1.29, 1.82) is 0 Å². The predicted octanol–water partition coefficient (Wildman–Crippen LogP) is 6.50. The summed E-state index contributed by atoms with van der Waals surface area (Å²) in [6.45, 7) is 5.84. The summed E-state index contributed by atoms with van der Waals surface area (Å²) in [6.07, 6.45) is 10.4. The minimum absolute atomic E-state index is 0.0231. The lowest BCUT2D eigenvalue weighted by Crippen LogP contribution is -2.44. The molecule has 0 saturated heterocycles. The van der Waals surface area contributed by atoms with Crippen LogP contribution in [0.25, 0.3) is 0 Å². The zero-order chi connectivity index (χ0) is 29.9. The van der Waals surface area contributed by atoms with E-state index in [2.05, 4.69) is 34.8 Å². The Bertz CT molecular complexity index is 1410.